The lowest BCUT2D eigenvalue weighted by Gasteiger charge is -2.24. The maximum absolute atomic E-state index is 12.5. The SMILES string of the molecule is COc1cccc(-c2noc(CNC(=O)CN(c3cc(C)ccc3C)S(C)(=O)=O)n2)c1. The molecule has 0 aliphatic rings. The Kier molecular flexibility index (Phi) is 6.59. The molecule has 3 aromatic rings. The summed E-state index contributed by atoms with van der Waals surface area (Å²) in [6.07, 6.45) is 1.07. The van der Waals surface area contributed by atoms with Crippen molar-refractivity contribution < 1.29 is 22.5 Å². The van der Waals surface area contributed by atoms with Crippen LogP contribution in [-0.4, -0.2) is 44.4 Å². The van der Waals surface area contributed by atoms with Crippen molar-refractivity contribution in [2.24, 2.45) is 0 Å². The van der Waals surface area contributed by atoms with E-state index >= 15 is 0 Å². The summed E-state index contributed by atoms with van der Waals surface area (Å²) in [6, 6.07) is 12.6. The summed E-state index contributed by atoms with van der Waals surface area (Å²) in [5.41, 5.74) is 2.82. The number of rotatable bonds is 8. The molecule has 0 radical (unpaired) electrons. The molecule has 0 fully saturated rings. The maximum atomic E-state index is 12.5. The average molecular weight is 445 g/mol. The van der Waals surface area contributed by atoms with Crippen LogP contribution in [-0.2, 0) is 21.4 Å². The van der Waals surface area contributed by atoms with Crippen molar-refractivity contribution in [3.63, 3.8) is 0 Å². The molecule has 1 heterocycles. The van der Waals surface area contributed by atoms with Gasteiger partial charge in [0.2, 0.25) is 27.6 Å². The Hall–Kier alpha value is -3.40. The molecule has 10 heteroatoms. The van der Waals surface area contributed by atoms with Crippen LogP contribution in [0.4, 0.5) is 5.69 Å². The molecule has 31 heavy (non-hydrogen) atoms. The maximum Gasteiger partial charge on any atom is 0.246 e. The normalized spacial score (nSPS) is 11.2. The smallest absolute Gasteiger partial charge is 0.246 e. The van der Waals surface area contributed by atoms with Crippen molar-refractivity contribution in [1.29, 1.82) is 0 Å². The molecule has 3 rings (SSSR count). The first-order valence-electron chi connectivity index (χ1n) is 9.46. The molecule has 0 unspecified atom stereocenters. The number of hydrogen-bond acceptors (Lipinski definition) is 7. The van der Waals surface area contributed by atoms with Gasteiger partial charge >= 0.3 is 0 Å². The van der Waals surface area contributed by atoms with E-state index in [1.54, 1.807) is 38.3 Å². The van der Waals surface area contributed by atoms with Crippen molar-refractivity contribution in [2.75, 3.05) is 24.2 Å². The number of amides is 1. The minimum atomic E-state index is -3.66. The summed E-state index contributed by atoms with van der Waals surface area (Å²) >= 11 is 0. The lowest BCUT2D eigenvalue weighted by Crippen LogP contribution is -2.40. The number of sulfonamides is 1. The highest BCUT2D eigenvalue weighted by molar-refractivity contribution is 7.92. The van der Waals surface area contributed by atoms with Gasteiger partial charge in [0, 0.05) is 5.56 Å². The molecule has 0 saturated heterocycles. The summed E-state index contributed by atoms with van der Waals surface area (Å²) < 4.78 is 36.1. The molecular weight excluding hydrogens is 420 g/mol. The van der Waals surface area contributed by atoms with Crippen LogP contribution in [0, 0.1) is 13.8 Å². The van der Waals surface area contributed by atoms with Gasteiger partial charge in [-0.1, -0.05) is 29.4 Å². The predicted molar refractivity (Wildman–Crippen MR) is 116 cm³/mol. The third-order valence-corrected chi connectivity index (χ3v) is 5.68. The van der Waals surface area contributed by atoms with Crippen molar-refractivity contribution in [3.05, 3.63) is 59.5 Å². The fourth-order valence-electron chi connectivity index (χ4n) is 2.94. The van der Waals surface area contributed by atoms with Crippen LogP contribution in [0.3, 0.4) is 0 Å². The monoisotopic (exact) mass is 444 g/mol. The zero-order chi connectivity index (χ0) is 22.6. The highest BCUT2D eigenvalue weighted by Crippen LogP contribution is 2.24. The molecule has 1 N–H and O–H groups in total. The lowest BCUT2D eigenvalue weighted by atomic mass is 10.1. The quantitative estimate of drug-likeness (QED) is 0.567. The third kappa shape index (κ3) is 5.60. The number of aryl methyl sites for hydroxylation is 2. The number of carbonyl (C=O) groups excluding carboxylic acids is 1. The first-order valence-corrected chi connectivity index (χ1v) is 11.3. The molecule has 9 nitrogen and oxygen atoms in total. The Labute approximate surface area is 181 Å². The van der Waals surface area contributed by atoms with Gasteiger partial charge in [0.1, 0.15) is 12.3 Å². The van der Waals surface area contributed by atoms with Gasteiger partial charge in [-0.15, -0.1) is 0 Å². The number of ether oxygens (including phenoxy) is 1. The fraction of sp³-hybridized carbons (Fsp3) is 0.286. The Bertz CT molecular complexity index is 1190. The summed E-state index contributed by atoms with van der Waals surface area (Å²) in [4.78, 5) is 16.7. The van der Waals surface area contributed by atoms with Crippen molar-refractivity contribution in [1.82, 2.24) is 15.5 Å². The minimum Gasteiger partial charge on any atom is -0.497 e. The second-order valence-corrected chi connectivity index (χ2v) is 8.99. The number of aromatic nitrogens is 2. The molecule has 0 bridgehead atoms. The van der Waals surface area contributed by atoms with Crippen LogP contribution in [0.5, 0.6) is 5.75 Å². The largest absolute Gasteiger partial charge is 0.497 e. The van der Waals surface area contributed by atoms with Crippen LogP contribution < -0.4 is 14.4 Å². The Morgan fingerprint density at radius 2 is 1.97 bits per heavy atom. The van der Waals surface area contributed by atoms with E-state index in [1.807, 2.05) is 25.1 Å². The number of nitrogens with zero attached hydrogens (tertiary/aromatic N) is 3. The Morgan fingerprint density at radius 3 is 2.68 bits per heavy atom. The van der Waals surface area contributed by atoms with Crippen LogP contribution >= 0.6 is 0 Å². The Morgan fingerprint density at radius 1 is 1.19 bits per heavy atom. The van der Waals surface area contributed by atoms with Gasteiger partial charge < -0.3 is 14.6 Å². The van der Waals surface area contributed by atoms with E-state index in [0.29, 0.717) is 22.8 Å². The molecule has 0 spiro atoms. The van der Waals surface area contributed by atoms with E-state index in [4.69, 9.17) is 9.26 Å². The average Bonchev–Trinajstić information content (AvgIpc) is 3.21. The first-order chi connectivity index (χ1) is 14.7. The lowest BCUT2D eigenvalue weighted by molar-refractivity contribution is -0.119. The molecule has 0 atom stereocenters. The number of benzene rings is 2. The second kappa shape index (κ2) is 9.17. The zero-order valence-corrected chi connectivity index (χ0v) is 18.6. The van der Waals surface area contributed by atoms with Crippen LogP contribution in [0.25, 0.3) is 11.4 Å². The fourth-order valence-corrected chi connectivity index (χ4v) is 3.84. The summed E-state index contributed by atoms with van der Waals surface area (Å²) in [5, 5.41) is 6.54. The minimum absolute atomic E-state index is 0.0276. The van der Waals surface area contributed by atoms with Crippen molar-refractivity contribution in [2.45, 2.75) is 20.4 Å². The van der Waals surface area contributed by atoms with E-state index in [2.05, 4.69) is 15.5 Å². The Balaban J connectivity index is 1.69. The molecule has 1 amide bonds. The van der Waals surface area contributed by atoms with Crippen LogP contribution in [0.1, 0.15) is 17.0 Å². The van der Waals surface area contributed by atoms with Crippen LogP contribution in [0.2, 0.25) is 0 Å². The highest BCUT2D eigenvalue weighted by Gasteiger charge is 2.23. The number of hydrogen-bond donors (Lipinski definition) is 1. The first kappa shape index (κ1) is 22.3. The summed E-state index contributed by atoms with van der Waals surface area (Å²) in [7, 11) is -2.10. The van der Waals surface area contributed by atoms with E-state index in [0.717, 1.165) is 21.7 Å². The van der Waals surface area contributed by atoms with Gasteiger partial charge in [0.05, 0.1) is 25.6 Å². The van der Waals surface area contributed by atoms with E-state index < -0.39 is 15.9 Å². The number of nitrogens with one attached hydrogen (secondary N) is 1. The number of anilines is 1. The number of carbonyl (C=O) groups is 1. The summed E-state index contributed by atoms with van der Waals surface area (Å²) in [5.74, 6) is 0.719. The molecule has 0 aliphatic carbocycles. The molecule has 0 aliphatic heterocycles. The molecule has 1 aromatic heterocycles. The standard InChI is InChI=1S/C21H24N4O5S/c1-14-8-9-15(2)18(10-14)25(31(4,27)28)13-19(26)22-12-20-23-21(24-30-20)16-6-5-7-17(11-16)29-3/h5-11H,12-13H2,1-4H3,(H,22,26). The van der Waals surface area contributed by atoms with E-state index in [1.165, 1.54) is 0 Å². The van der Waals surface area contributed by atoms with Crippen molar-refractivity contribution >= 4 is 21.6 Å². The molecule has 2 aromatic carbocycles. The molecule has 164 valence electrons. The van der Waals surface area contributed by atoms with Gasteiger partial charge in [-0.2, -0.15) is 4.98 Å². The van der Waals surface area contributed by atoms with Crippen molar-refractivity contribution in [3.8, 4) is 17.1 Å². The molecular formula is C21H24N4O5S. The molecule has 0 saturated carbocycles. The summed E-state index contributed by atoms with van der Waals surface area (Å²) in [6.45, 7) is 3.27. The zero-order valence-electron chi connectivity index (χ0n) is 17.7. The third-order valence-electron chi connectivity index (χ3n) is 4.55. The topological polar surface area (TPSA) is 115 Å². The van der Waals surface area contributed by atoms with Gasteiger partial charge in [0.25, 0.3) is 0 Å². The van der Waals surface area contributed by atoms with Gasteiger partial charge in [0.15, 0.2) is 0 Å². The van der Waals surface area contributed by atoms with Gasteiger partial charge in [-0.05, 0) is 43.2 Å². The highest BCUT2D eigenvalue weighted by atomic mass is 32.2. The predicted octanol–water partition coefficient (Wildman–Crippen LogP) is 2.44. The number of methoxy groups -OCH3 is 1. The van der Waals surface area contributed by atoms with Crippen LogP contribution in [0.15, 0.2) is 47.0 Å². The van der Waals surface area contributed by atoms with E-state index in [-0.39, 0.29) is 19.0 Å². The van der Waals surface area contributed by atoms with Gasteiger partial charge in [-0.3, -0.25) is 9.10 Å². The second-order valence-electron chi connectivity index (χ2n) is 7.08. The van der Waals surface area contributed by atoms with Gasteiger partial charge in [-0.25, -0.2) is 8.42 Å². The van der Waals surface area contributed by atoms with E-state index in [9.17, 15) is 13.2 Å².